The average Bonchev–Trinajstić information content (AvgIpc) is 3.13. The molecular weight excluding hydrogens is 465 g/mol. The van der Waals surface area contributed by atoms with Crippen molar-refractivity contribution < 1.29 is 27.5 Å². The maximum atomic E-state index is 13.1. The molecule has 0 bridgehead atoms. The smallest absolute Gasteiger partial charge is 0.386 e. The molecule has 1 N–H and O–H groups in total. The molecule has 0 saturated carbocycles. The number of halogens is 3. The van der Waals surface area contributed by atoms with Crippen molar-refractivity contribution in [3.63, 3.8) is 0 Å². The summed E-state index contributed by atoms with van der Waals surface area (Å²) >= 11 is 0.965. The lowest BCUT2D eigenvalue weighted by atomic mass is 10.4. The van der Waals surface area contributed by atoms with Gasteiger partial charge in [-0.25, -0.2) is 9.78 Å². The number of thioether (sulfide) groups is 1. The molecule has 0 aliphatic carbocycles. The largest absolute Gasteiger partial charge is 0.491 e. The zero-order chi connectivity index (χ0) is 24.2. The Morgan fingerprint density at radius 1 is 1.24 bits per heavy atom. The number of rotatable bonds is 6. The first-order valence-corrected chi connectivity index (χ1v) is 10.9. The number of anilines is 1. The van der Waals surface area contributed by atoms with E-state index in [1.54, 1.807) is 11.5 Å². The molecule has 3 rings (SSSR count). The molecule has 14 heteroatoms. The van der Waals surface area contributed by atoms with Crippen LogP contribution in [-0.2, 0) is 27.9 Å². The summed E-state index contributed by atoms with van der Waals surface area (Å²) < 4.78 is 43.3. The van der Waals surface area contributed by atoms with Crippen LogP contribution in [0.5, 0.6) is 0 Å². The van der Waals surface area contributed by atoms with Crippen molar-refractivity contribution in [2.75, 3.05) is 36.8 Å². The highest BCUT2D eigenvalue weighted by Crippen LogP contribution is 2.23. The van der Waals surface area contributed by atoms with Crippen LogP contribution in [0, 0.1) is 11.8 Å². The van der Waals surface area contributed by atoms with Gasteiger partial charge in [0.05, 0.1) is 13.0 Å². The highest BCUT2D eigenvalue weighted by molar-refractivity contribution is 7.99. The van der Waals surface area contributed by atoms with Crippen molar-refractivity contribution in [2.45, 2.75) is 31.2 Å². The van der Waals surface area contributed by atoms with E-state index >= 15 is 0 Å². The van der Waals surface area contributed by atoms with Gasteiger partial charge in [0.25, 0.3) is 5.56 Å². The minimum Gasteiger partial charge on any atom is -0.386 e. The molecule has 0 atom stereocenters. The molecule has 1 aliphatic rings. The van der Waals surface area contributed by atoms with E-state index in [1.165, 1.54) is 11.6 Å². The van der Waals surface area contributed by atoms with Crippen LogP contribution < -0.4 is 15.8 Å². The summed E-state index contributed by atoms with van der Waals surface area (Å²) in [6.07, 6.45) is -5.73. The quantitative estimate of drug-likeness (QED) is 0.207. The second kappa shape index (κ2) is 10.3. The van der Waals surface area contributed by atoms with E-state index in [9.17, 15) is 27.6 Å². The van der Waals surface area contributed by atoms with E-state index < -0.39 is 24.5 Å². The van der Waals surface area contributed by atoms with Crippen molar-refractivity contribution >= 4 is 40.8 Å². The minimum absolute atomic E-state index is 0.0531. The number of carbonyl (C=O) groups excluding carboxylic acids is 2. The number of nitrogens with zero attached hydrogens (tertiary/aromatic N) is 5. The molecule has 0 amide bonds. The topological polar surface area (TPSA) is 111 Å². The molecule has 3 heterocycles. The van der Waals surface area contributed by atoms with Crippen LogP contribution in [0.4, 0.5) is 19.1 Å². The van der Waals surface area contributed by atoms with Crippen molar-refractivity contribution in [2.24, 2.45) is 7.05 Å². The summed E-state index contributed by atoms with van der Waals surface area (Å²) in [4.78, 5) is 46.3. The molecule has 0 spiro atoms. The first kappa shape index (κ1) is 24.6. The van der Waals surface area contributed by atoms with Gasteiger partial charge in [0.15, 0.2) is 16.3 Å². The maximum Gasteiger partial charge on any atom is 0.491 e. The van der Waals surface area contributed by atoms with Crippen LogP contribution in [0.15, 0.2) is 9.95 Å². The Balaban J connectivity index is 1.83. The van der Waals surface area contributed by atoms with Crippen molar-refractivity contribution in [3.05, 3.63) is 10.4 Å². The summed E-state index contributed by atoms with van der Waals surface area (Å²) in [5.41, 5.74) is 0.124. The van der Waals surface area contributed by atoms with Crippen LogP contribution in [0.25, 0.3) is 11.2 Å². The first-order valence-electron chi connectivity index (χ1n) is 9.90. The van der Waals surface area contributed by atoms with E-state index in [4.69, 9.17) is 0 Å². The van der Waals surface area contributed by atoms with Crippen LogP contribution in [-0.4, -0.2) is 69.1 Å². The van der Waals surface area contributed by atoms with Gasteiger partial charge in [-0.05, 0) is 6.92 Å². The van der Waals surface area contributed by atoms with Gasteiger partial charge in [-0.2, -0.15) is 18.2 Å². The zero-order valence-electron chi connectivity index (χ0n) is 17.9. The number of hydrogen-bond donors (Lipinski definition) is 1. The highest BCUT2D eigenvalue weighted by atomic mass is 32.2. The summed E-state index contributed by atoms with van der Waals surface area (Å²) in [5, 5.41) is 3.47. The second-order valence-electron chi connectivity index (χ2n) is 6.95. The fourth-order valence-electron chi connectivity index (χ4n) is 3.11. The molecule has 1 aliphatic heterocycles. The number of ether oxygens (including phenoxy) is 1. The molecule has 2 aromatic heterocycles. The number of fused-ring (bicyclic) bond motifs is 1. The summed E-state index contributed by atoms with van der Waals surface area (Å²) in [5.74, 6) is 2.39. The highest BCUT2D eigenvalue weighted by Gasteiger charge is 2.42. The average molecular weight is 486 g/mol. The molecule has 0 radical (unpaired) electrons. The van der Waals surface area contributed by atoms with Gasteiger partial charge < -0.3 is 15.0 Å². The first-order chi connectivity index (χ1) is 15.6. The molecule has 2 aromatic rings. The predicted molar refractivity (Wildman–Crippen MR) is 114 cm³/mol. The lowest BCUT2D eigenvalue weighted by Gasteiger charge is -2.28. The van der Waals surface area contributed by atoms with Crippen LogP contribution >= 0.6 is 11.8 Å². The standard InChI is InChI=1S/C19H21F3N6O4S/c1-3-4-8-28-13-14(24-17(28)27-9-6-23-7-10-27)25-18(26(2)15(13)30)33-11-5-12(29)32-16(31)19(20,21)22/h23H,5-11H2,1-2H3. The Hall–Kier alpha value is -3.05. The summed E-state index contributed by atoms with van der Waals surface area (Å²) in [7, 11) is 1.50. The third-order valence-corrected chi connectivity index (χ3v) is 5.75. The number of alkyl halides is 3. The second-order valence-corrected chi connectivity index (χ2v) is 8.01. The number of esters is 2. The Bertz CT molecular complexity index is 1170. The van der Waals surface area contributed by atoms with Crippen molar-refractivity contribution in [3.8, 4) is 11.8 Å². The van der Waals surface area contributed by atoms with Crippen LogP contribution in [0.2, 0.25) is 0 Å². The minimum atomic E-state index is -5.25. The fourth-order valence-corrected chi connectivity index (χ4v) is 3.99. The lowest BCUT2D eigenvalue weighted by Crippen LogP contribution is -2.44. The van der Waals surface area contributed by atoms with Crippen LogP contribution in [0.3, 0.4) is 0 Å². The summed E-state index contributed by atoms with van der Waals surface area (Å²) in [6.45, 7) is 4.88. The molecular formula is C19H21F3N6O4S. The van der Waals surface area contributed by atoms with Gasteiger partial charge in [-0.3, -0.25) is 18.7 Å². The number of aromatic nitrogens is 4. The molecule has 10 nitrogen and oxygen atoms in total. The summed E-state index contributed by atoms with van der Waals surface area (Å²) in [6, 6.07) is 0. The Morgan fingerprint density at radius 3 is 2.58 bits per heavy atom. The number of carbonyl (C=O) groups is 2. The van der Waals surface area contributed by atoms with Crippen LogP contribution in [0.1, 0.15) is 13.3 Å². The van der Waals surface area contributed by atoms with E-state index in [1.807, 2.05) is 4.90 Å². The molecule has 178 valence electrons. The lowest BCUT2D eigenvalue weighted by molar-refractivity contribution is -0.201. The molecule has 33 heavy (non-hydrogen) atoms. The van der Waals surface area contributed by atoms with Gasteiger partial charge in [0, 0.05) is 39.0 Å². The normalized spacial score (nSPS) is 14.2. The SMILES string of the molecule is CC#CCn1c(N2CCNCC2)nc2nc(SCCC(=O)OC(=O)C(F)(F)F)n(C)c(=O)c21. The monoisotopic (exact) mass is 486 g/mol. The number of piperazine rings is 1. The molecule has 0 unspecified atom stereocenters. The van der Waals surface area contributed by atoms with Gasteiger partial charge in [-0.15, -0.1) is 5.92 Å². The van der Waals surface area contributed by atoms with E-state index in [2.05, 4.69) is 31.9 Å². The number of imidazole rings is 1. The molecule has 0 aromatic carbocycles. The fraction of sp³-hybridized carbons (Fsp3) is 0.526. The van der Waals surface area contributed by atoms with Gasteiger partial charge in [-0.1, -0.05) is 17.7 Å². The van der Waals surface area contributed by atoms with E-state index in [0.717, 1.165) is 24.9 Å². The Labute approximate surface area is 190 Å². The predicted octanol–water partition coefficient (Wildman–Crippen LogP) is 0.677. The van der Waals surface area contributed by atoms with E-state index in [-0.39, 0.29) is 34.2 Å². The van der Waals surface area contributed by atoms with Gasteiger partial charge >= 0.3 is 18.1 Å². The van der Waals surface area contributed by atoms with Gasteiger partial charge in [0.2, 0.25) is 5.95 Å². The molecule has 1 saturated heterocycles. The number of hydrogen-bond acceptors (Lipinski definition) is 9. The van der Waals surface area contributed by atoms with Gasteiger partial charge in [0.1, 0.15) is 0 Å². The number of nitrogens with one attached hydrogen (secondary N) is 1. The zero-order valence-corrected chi connectivity index (χ0v) is 18.7. The Kier molecular flexibility index (Phi) is 7.65. The van der Waals surface area contributed by atoms with Crippen molar-refractivity contribution in [1.29, 1.82) is 0 Å². The Morgan fingerprint density at radius 2 is 1.94 bits per heavy atom. The molecule has 1 fully saturated rings. The van der Waals surface area contributed by atoms with Crippen molar-refractivity contribution in [1.82, 2.24) is 24.4 Å². The van der Waals surface area contributed by atoms with E-state index in [0.29, 0.717) is 19.0 Å². The third kappa shape index (κ3) is 5.66. The third-order valence-electron chi connectivity index (χ3n) is 4.71. The maximum absolute atomic E-state index is 13.1.